The van der Waals surface area contributed by atoms with E-state index in [1.807, 2.05) is 0 Å². The molecule has 2 aromatic rings. The van der Waals surface area contributed by atoms with Crippen LogP contribution in [0.25, 0.3) is 10.9 Å². The fraction of sp³-hybridized carbons (Fsp3) is 0.400. The van der Waals surface area contributed by atoms with Crippen LogP contribution in [0.15, 0.2) is 40.8 Å². The lowest BCUT2D eigenvalue weighted by atomic mass is 10.1. The molecule has 31 heavy (non-hydrogen) atoms. The summed E-state index contributed by atoms with van der Waals surface area (Å²) in [6, 6.07) is 3.75. The molecule has 1 aliphatic heterocycles. The van der Waals surface area contributed by atoms with Crippen molar-refractivity contribution < 1.29 is 23.1 Å². The van der Waals surface area contributed by atoms with Gasteiger partial charge in [0.2, 0.25) is 5.91 Å². The highest BCUT2D eigenvalue weighted by atomic mass is 32.2. The number of carbonyl (C=O) groups excluding carboxylic acids is 1. The van der Waals surface area contributed by atoms with Gasteiger partial charge in [0.15, 0.2) is 15.0 Å². The van der Waals surface area contributed by atoms with Crippen LogP contribution in [0.3, 0.4) is 0 Å². The van der Waals surface area contributed by atoms with Gasteiger partial charge in [-0.1, -0.05) is 17.8 Å². The molecule has 0 spiro atoms. The number of carbonyl (C=O) groups is 2. The van der Waals surface area contributed by atoms with Crippen molar-refractivity contribution in [3.63, 3.8) is 0 Å². The maximum absolute atomic E-state index is 12.9. The predicted octanol–water partition coefficient (Wildman–Crippen LogP) is 1.41. The molecule has 1 aromatic heterocycles. The number of sulfone groups is 1. The van der Waals surface area contributed by atoms with Crippen molar-refractivity contribution in [1.82, 2.24) is 14.5 Å². The lowest BCUT2D eigenvalue weighted by Crippen LogP contribution is -2.42. The molecule has 3 rings (SSSR count). The highest BCUT2D eigenvalue weighted by Gasteiger charge is 2.33. The van der Waals surface area contributed by atoms with Crippen LogP contribution in [0.2, 0.25) is 0 Å². The number of allylic oxidation sites excluding steroid dienone is 1. The molecule has 1 atom stereocenters. The zero-order valence-electron chi connectivity index (χ0n) is 17.0. The normalized spacial score (nSPS) is 17.5. The Balaban J connectivity index is 1.89. The van der Waals surface area contributed by atoms with Crippen molar-refractivity contribution in [3.8, 4) is 0 Å². The topological polar surface area (TPSA) is 127 Å². The van der Waals surface area contributed by atoms with E-state index in [0.29, 0.717) is 13.0 Å². The Labute approximate surface area is 183 Å². The number of thioether (sulfide) groups is 1. The molecule has 166 valence electrons. The summed E-state index contributed by atoms with van der Waals surface area (Å²) in [5, 5.41) is 9.74. The van der Waals surface area contributed by atoms with Gasteiger partial charge in [-0.3, -0.25) is 14.2 Å². The molecule has 0 unspecified atom stereocenters. The molecular formula is C20H23N3O6S2. The van der Waals surface area contributed by atoms with Gasteiger partial charge in [0.05, 0.1) is 33.7 Å². The van der Waals surface area contributed by atoms with Gasteiger partial charge in [-0.15, -0.1) is 6.58 Å². The molecule has 0 bridgehead atoms. The largest absolute Gasteiger partial charge is 0.478 e. The van der Waals surface area contributed by atoms with Gasteiger partial charge in [-0.05, 0) is 31.5 Å². The molecule has 1 amide bonds. The molecule has 0 aliphatic carbocycles. The zero-order valence-corrected chi connectivity index (χ0v) is 18.6. The second kappa shape index (κ2) is 9.23. The number of hydrogen-bond acceptors (Lipinski definition) is 7. The first-order valence-electron chi connectivity index (χ1n) is 9.68. The Bertz CT molecular complexity index is 1210. The summed E-state index contributed by atoms with van der Waals surface area (Å²) in [5.41, 5.74) is -0.118. The standard InChI is InChI=1S/C20H23N3O6S2/c1-3-8-23-18(25)15-6-5-13(19(26)27)10-16(15)21-20(23)30-11-17(24)22(4-2)14-7-9-31(28,29)12-14/h3,5-6,10,14H,1,4,7-9,11-12H2,2H3,(H,26,27)/t14-/m0/s1. The fourth-order valence-corrected chi connectivity index (χ4v) is 6.23. The highest BCUT2D eigenvalue weighted by Crippen LogP contribution is 2.22. The van der Waals surface area contributed by atoms with E-state index in [1.165, 1.54) is 28.8 Å². The van der Waals surface area contributed by atoms with Crippen LogP contribution in [0.1, 0.15) is 23.7 Å². The Hall–Kier alpha value is -2.66. The van der Waals surface area contributed by atoms with Gasteiger partial charge in [0.25, 0.3) is 5.56 Å². The van der Waals surface area contributed by atoms with E-state index in [4.69, 9.17) is 0 Å². The van der Waals surface area contributed by atoms with Crippen molar-refractivity contribution >= 4 is 44.4 Å². The molecule has 2 heterocycles. The Morgan fingerprint density at radius 3 is 2.74 bits per heavy atom. The van der Waals surface area contributed by atoms with E-state index in [0.717, 1.165) is 11.8 Å². The summed E-state index contributed by atoms with van der Waals surface area (Å²) in [5.74, 6) is -1.37. The summed E-state index contributed by atoms with van der Waals surface area (Å²) < 4.78 is 24.9. The third kappa shape index (κ3) is 4.99. The molecule has 1 N–H and O–H groups in total. The maximum Gasteiger partial charge on any atom is 0.335 e. The molecule has 9 nitrogen and oxygen atoms in total. The highest BCUT2D eigenvalue weighted by molar-refractivity contribution is 7.99. The van der Waals surface area contributed by atoms with Gasteiger partial charge >= 0.3 is 5.97 Å². The second-order valence-corrected chi connectivity index (χ2v) is 10.3. The Morgan fingerprint density at radius 2 is 2.16 bits per heavy atom. The van der Waals surface area contributed by atoms with E-state index in [-0.39, 0.29) is 62.9 Å². The fourth-order valence-electron chi connectivity index (χ4n) is 3.60. The molecule has 0 radical (unpaired) electrons. The lowest BCUT2D eigenvalue weighted by molar-refractivity contribution is -0.129. The molecule has 1 aromatic carbocycles. The van der Waals surface area contributed by atoms with Gasteiger partial charge in [-0.2, -0.15) is 0 Å². The Morgan fingerprint density at radius 1 is 1.42 bits per heavy atom. The number of hydrogen-bond donors (Lipinski definition) is 1. The first-order valence-corrected chi connectivity index (χ1v) is 12.5. The van der Waals surface area contributed by atoms with Crippen molar-refractivity contribution in [1.29, 1.82) is 0 Å². The lowest BCUT2D eigenvalue weighted by Gasteiger charge is -2.26. The second-order valence-electron chi connectivity index (χ2n) is 7.16. The van der Waals surface area contributed by atoms with Crippen LogP contribution in [-0.2, 0) is 21.2 Å². The average Bonchev–Trinajstić information content (AvgIpc) is 3.08. The maximum atomic E-state index is 12.9. The van der Waals surface area contributed by atoms with Gasteiger partial charge in [-0.25, -0.2) is 18.2 Å². The monoisotopic (exact) mass is 465 g/mol. The van der Waals surface area contributed by atoms with Crippen LogP contribution in [0, 0.1) is 0 Å². The third-order valence-electron chi connectivity index (χ3n) is 5.11. The van der Waals surface area contributed by atoms with E-state index >= 15 is 0 Å². The SMILES string of the molecule is C=CCn1c(SCC(=O)N(CC)[C@H]2CCS(=O)(=O)C2)nc2cc(C(=O)O)ccc2c1=O. The average molecular weight is 466 g/mol. The minimum absolute atomic E-state index is 0.00694. The van der Waals surface area contributed by atoms with E-state index in [1.54, 1.807) is 11.8 Å². The molecule has 1 fully saturated rings. The summed E-state index contributed by atoms with van der Waals surface area (Å²) in [6.45, 7) is 6.01. The number of benzene rings is 1. The number of aromatic nitrogens is 2. The van der Waals surface area contributed by atoms with Crippen molar-refractivity contribution in [2.75, 3.05) is 23.8 Å². The van der Waals surface area contributed by atoms with E-state index < -0.39 is 15.8 Å². The van der Waals surface area contributed by atoms with Gasteiger partial charge < -0.3 is 10.0 Å². The van der Waals surface area contributed by atoms with Crippen LogP contribution in [0.4, 0.5) is 0 Å². The van der Waals surface area contributed by atoms with Gasteiger partial charge in [0.1, 0.15) is 0 Å². The van der Waals surface area contributed by atoms with Gasteiger partial charge in [0, 0.05) is 19.1 Å². The third-order valence-corrected chi connectivity index (χ3v) is 7.83. The smallest absolute Gasteiger partial charge is 0.335 e. The van der Waals surface area contributed by atoms with E-state index in [9.17, 15) is 27.9 Å². The summed E-state index contributed by atoms with van der Waals surface area (Å²) >= 11 is 1.06. The van der Waals surface area contributed by atoms with Crippen LogP contribution in [-0.4, -0.2) is 69.7 Å². The molecule has 1 saturated heterocycles. The summed E-state index contributed by atoms with van der Waals surface area (Å²) in [4.78, 5) is 42.9. The number of aromatic carboxylic acids is 1. The minimum atomic E-state index is -3.12. The predicted molar refractivity (Wildman–Crippen MR) is 118 cm³/mol. The number of carboxylic acid groups (broad SMARTS) is 1. The van der Waals surface area contributed by atoms with Crippen LogP contribution in [0.5, 0.6) is 0 Å². The van der Waals surface area contributed by atoms with E-state index in [2.05, 4.69) is 11.6 Å². The molecule has 1 aliphatic rings. The number of carboxylic acids is 1. The summed E-state index contributed by atoms with van der Waals surface area (Å²) in [6.07, 6.45) is 1.95. The quantitative estimate of drug-likeness (QED) is 0.352. The number of nitrogens with zero attached hydrogens (tertiary/aromatic N) is 3. The number of fused-ring (bicyclic) bond motifs is 1. The van der Waals surface area contributed by atoms with Crippen molar-refractivity contribution in [2.24, 2.45) is 0 Å². The van der Waals surface area contributed by atoms with Crippen LogP contribution < -0.4 is 5.56 Å². The number of rotatable bonds is 8. The van der Waals surface area contributed by atoms with Crippen LogP contribution >= 0.6 is 11.8 Å². The number of amides is 1. The zero-order chi connectivity index (χ0) is 22.8. The van der Waals surface area contributed by atoms with Crippen molar-refractivity contribution in [2.45, 2.75) is 31.1 Å². The molecular weight excluding hydrogens is 442 g/mol. The molecule has 11 heteroatoms. The first-order chi connectivity index (χ1) is 14.7. The Kier molecular flexibility index (Phi) is 6.85. The van der Waals surface area contributed by atoms with Crippen molar-refractivity contribution in [3.05, 3.63) is 46.8 Å². The first kappa shape index (κ1) is 23.0. The summed E-state index contributed by atoms with van der Waals surface area (Å²) in [7, 11) is -3.12. The minimum Gasteiger partial charge on any atom is -0.478 e. The molecule has 0 saturated carbocycles.